The Morgan fingerprint density at radius 2 is 0.500 bits per heavy atom. The maximum Gasteiger partial charge on any atom is 0 e. The van der Waals surface area contributed by atoms with Crippen molar-refractivity contribution >= 4 is 0 Å². The van der Waals surface area contributed by atoms with Crippen LogP contribution in [0.15, 0.2) is 0 Å². The average molecular weight is 400 g/mol. The molecule has 0 spiro atoms. The van der Waals surface area contributed by atoms with E-state index in [0.29, 0.717) is 0 Å². The molecule has 0 amide bonds. The molecule has 2 aliphatic carbocycles. The first-order valence-corrected chi connectivity index (χ1v) is 4.63. The molecule has 0 aliphatic heterocycles. The minimum absolute atomic E-state index is 0. The van der Waals surface area contributed by atoms with E-state index >= 15 is 0 Å². The Morgan fingerprint density at radius 1 is 0.375 bits per heavy atom. The van der Waals surface area contributed by atoms with Crippen molar-refractivity contribution in [2.75, 3.05) is 0 Å². The molecule has 0 bridgehead atoms. The molecule has 120 valence electrons. The van der Waals surface area contributed by atoms with Gasteiger partial charge in [-0.3, -0.25) is 0 Å². The van der Waals surface area contributed by atoms with E-state index in [9.17, 15) is 0 Å². The van der Waals surface area contributed by atoms with Gasteiger partial charge in [-0.2, -0.15) is 0 Å². The van der Waals surface area contributed by atoms with Gasteiger partial charge in [-0.25, -0.2) is 0 Å². The van der Waals surface area contributed by atoms with Crippen LogP contribution in [0, 0.1) is 103 Å². The van der Waals surface area contributed by atoms with Gasteiger partial charge in [0.25, 0.3) is 0 Å². The van der Waals surface area contributed by atoms with Crippen molar-refractivity contribution < 1.29 is 62.6 Å². The van der Waals surface area contributed by atoms with E-state index in [1.165, 1.54) is 11.8 Å². The normalized spacial score (nSPS) is 13.0. The summed E-state index contributed by atoms with van der Waals surface area (Å²) >= 11 is 0. The van der Waals surface area contributed by atoms with Crippen molar-refractivity contribution in [2.45, 2.75) is 0 Å². The van der Waals surface area contributed by atoms with Crippen LogP contribution in [0.25, 0.3) is 0 Å². The Labute approximate surface area is 165 Å². The fourth-order valence-electron chi connectivity index (χ4n) is 1.13. The van der Waals surface area contributed by atoms with Crippen LogP contribution in [0.1, 0.15) is 0 Å². The summed E-state index contributed by atoms with van der Waals surface area (Å²) in [6.07, 6.45) is 16.7. The maximum absolute atomic E-state index is 7.50. The molecular weight excluding hydrogens is 392 g/mol. The molecule has 2 fully saturated rings. The Kier molecular flexibility index (Phi) is 104. The Balaban J connectivity index is -0.0000000360. The van der Waals surface area contributed by atoms with E-state index in [0.717, 1.165) is 0 Å². The quantitative estimate of drug-likeness (QED) is 0.469. The van der Waals surface area contributed by atoms with Crippen LogP contribution >= 0.6 is 0 Å². The molecule has 2 saturated carbocycles. The van der Waals surface area contributed by atoms with Crippen molar-refractivity contribution in [3.63, 3.8) is 0 Å². The molecule has 0 aromatic carbocycles. The third-order valence-electron chi connectivity index (χ3n) is 1.66. The van der Waals surface area contributed by atoms with Gasteiger partial charge in [0.2, 0.25) is 0 Å². The van der Waals surface area contributed by atoms with Crippen LogP contribution in [0.2, 0.25) is 0 Å². The maximum atomic E-state index is 7.50. The topological polar surface area (TPSA) is 119 Å². The molecule has 0 aromatic heterocycles. The first-order chi connectivity index (χ1) is 11.0. The molecule has 24 heavy (non-hydrogen) atoms. The summed E-state index contributed by atoms with van der Waals surface area (Å²) in [7, 11) is 0. The summed E-state index contributed by atoms with van der Waals surface area (Å²) in [5.41, 5.74) is 0. The van der Waals surface area contributed by atoms with Gasteiger partial charge in [0.15, 0.2) is 0 Å². The third kappa shape index (κ3) is 29.5. The van der Waals surface area contributed by atoms with Gasteiger partial charge >= 0.3 is 67.8 Å². The van der Waals surface area contributed by atoms with Crippen molar-refractivity contribution in [1.82, 2.24) is 0 Å². The SMILES string of the molecule is [C-]#[O+].[C-]#[O+].[C-]#[O+].[C-]#[O+].[C-]#[O+].[C-]#[O+].[CH]1[CH][CH][C]([C]2[CH][CH][CH][CH]2)[CH]1.[Cr].[Cr]. The zero-order valence-corrected chi connectivity index (χ0v) is 14.4. The van der Waals surface area contributed by atoms with Gasteiger partial charge in [0, 0.05) is 34.7 Å². The standard InChI is InChI=1S/C10H8.6CO.2Cr/c1-2-6-9(5-1)10-7-3-4-8-10;6*1-2;;/h1-8H;;;;;;;;. The average Bonchev–Trinajstić information content (AvgIpc) is 3.39. The van der Waals surface area contributed by atoms with E-state index in [1.807, 2.05) is 0 Å². The summed E-state index contributed by atoms with van der Waals surface area (Å²) in [5.74, 6) is 2.62. The van der Waals surface area contributed by atoms with Crippen LogP contribution in [0.5, 0.6) is 0 Å². The van der Waals surface area contributed by atoms with E-state index in [-0.39, 0.29) is 34.7 Å². The Hall–Kier alpha value is -0.495. The third-order valence-corrected chi connectivity index (χ3v) is 1.66. The van der Waals surface area contributed by atoms with E-state index in [2.05, 4.69) is 91.3 Å². The number of hydrogen-bond acceptors (Lipinski definition) is 0. The zero-order chi connectivity index (χ0) is 18.8. The molecule has 0 heterocycles. The molecule has 10 radical (unpaired) electrons. The van der Waals surface area contributed by atoms with Crippen LogP contribution < -0.4 is 0 Å². The predicted molar refractivity (Wildman–Crippen MR) is 64.5 cm³/mol. The number of rotatable bonds is 1. The molecule has 0 unspecified atom stereocenters. The Bertz CT molecular complexity index is 247. The minimum atomic E-state index is 0. The van der Waals surface area contributed by atoms with E-state index in [1.54, 1.807) is 0 Å². The second kappa shape index (κ2) is 57.1. The largest absolute Gasteiger partial charge is 0.0309 e. The van der Waals surface area contributed by atoms with Crippen LogP contribution in [-0.4, -0.2) is 0 Å². The molecule has 8 heteroatoms. The van der Waals surface area contributed by atoms with Gasteiger partial charge < -0.3 is 0 Å². The van der Waals surface area contributed by atoms with Crippen LogP contribution in [0.4, 0.5) is 0 Å². The van der Waals surface area contributed by atoms with Crippen LogP contribution in [0.3, 0.4) is 0 Å². The second-order valence-electron chi connectivity index (χ2n) is 2.35. The fourth-order valence-corrected chi connectivity index (χ4v) is 1.13. The summed E-state index contributed by atoms with van der Waals surface area (Å²) < 4.78 is 45.0. The van der Waals surface area contributed by atoms with E-state index < -0.39 is 0 Å². The molecule has 0 atom stereocenters. The first-order valence-electron chi connectivity index (χ1n) is 4.63. The van der Waals surface area contributed by atoms with Crippen molar-refractivity contribution in [3.05, 3.63) is 103 Å². The number of hydrogen-bond donors (Lipinski definition) is 0. The summed E-state index contributed by atoms with van der Waals surface area (Å²) in [4.78, 5) is 0. The van der Waals surface area contributed by atoms with Gasteiger partial charge in [-0.1, -0.05) is 0 Å². The molecule has 2 aliphatic rings. The van der Waals surface area contributed by atoms with Gasteiger partial charge in [0.05, 0.1) is 0 Å². The van der Waals surface area contributed by atoms with E-state index in [4.69, 9.17) is 27.9 Å². The zero-order valence-electron chi connectivity index (χ0n) is 11.9. The molecule has 0 saturated heterocycles. The summed E-state index contributed by atoms with van der Waals surface area (Å²) in [6.45, 7) is 27.0. The van der Waals surface area contributed by atoms with Gasteiger partial charge in [0.1, 0.15) is 0 Å². The van der Waals surface area contributed by atoms with Crippen LogP contribution in [-0.2, 0) is 62.6 Å². The van der Waals surface area contributed by atoms with Gasteiger partial charge in [-0.05, 0) is 63.2 Å². The first kappa shape index (κ1) is 43.7. The molecular formula is C16H8Cr2O6. The van der Waals surface area contributed by atoms with Crippen molar-refractivity contribution in [3.8, 4) is 0 Å². The molecule has 6 nitrogen and oxygen atoms in total. The van der Waals surface area contributed by atoms with Gasteiger partial charge in [-0.15, -0.1) is 0 Å². The van der Waals surface area contributed by atoms with Crippen molar-refractivity contribution in [2.24, 2.45) is 0 Å². The summed E-state index contributed by atoms with van der Waals surface area (Å²) in [5, 5.41) is 0. The Morgan fingerprint density at radius 3 is 0.625 bits per heavy atom. The molecule has 2 rings (SSSR count). The van der Waals surface area contributed by atoms with Crippen molar-refractivity contribution in [1.29, 1.82) is 0 Å². The monoisotopic (exact) mass is 400 g/mol. The fraction of sp³-hybridized carbons (Fsp3) is 0. The smallest absolute Gasteiger partial charge is 0 e. The minimum Gasteiger partial charge on any atom is -0.0309 e. The molecule has 0 N–H and O–H groups in total. The second-order valence-corrected chi connectivity index (χ2v) is 2.35. The summed E-state index contributed by atoms with van der Waals surface area (Å²) in [6, 6.07) is 0. The molecule has 0 aromatic rings. The predicted octanol–water partition coefficient (Wildman–Crippen LogP) is 1.57.